The highest BCUT2D eigenvalue weighted by atomic mass is 16.3. The number of anilines is 1. The summed E-state index contributed by atoms with van der Waals surface area (Å²) in [5, 5.41) is 25.2. The van der Waals surface area contributed by atoms with Gasteiger partial charge in [0, 0.05) is 24.4 Å². The minimum absolute atomic E-state index is 0.162. The number of carbonyl (C=O) groups excluding carboxylic acids is 1. The van der Waals surface area contributed by atoms with Crippen LogP contribution in [-0.2, 0) is 6.54 Å². The van der Waals surface area contributed by atoms with Crippen molar-refractivity contribution >= 4 is 11.6 Å². The largest absolute Gasteiger partial charge is 0.508 e. The van der Waals surface area contributed by atoms with Crippen LogP contribution >= 0.6 is 0 Å². The van der Waals surface area contributed by atoms with Gasteiger partial charge in [-0.05, 0) is 12.1 Å². The van der Waals surface area contributed by atoms with Crippen LogP contribution in [0.5, 0.6) is 11.5 Å². The summed E-state index contributed by atoms with van der Waals surface area (Å²) in [7, 11) is 0. The first-order valence-corrected chi connectivity index (χ1v) is 5.64. The maximum Gasteiger partial charge on any atom is 0.251 e. The third-order valence-electron chi connectivity index (χ3n) is 2.44. The summed E-state index contributed by atoms with van der Waals surface area (Å²) in [5.41, 5.74) is 6.26. The molecule has 0 radical (unpaired) electrons. The summed E-state index contributed by atoms with van der Waals surface area (Å²) in [5.74, 6) is -0.707. The molecule has 1 aromatic heterocycles. The van der Waals surface area contributed by atoms with Crippen molar-refractivity contribution in [1.82, 2.24) is 15.1 Å². The molecule has 1 aromatic carbocycles. The van der Waals surface area contributed by atoms with Crippen molar-refractivity contribution in [1.29, 1.82) is 0 Å². The molecule has 19 heavy (non-hydrogen) atoms. The van der Waals surface area contributed by atoms with Crippen LogP contribution in [0.1, 0.15) is 10.4 Å². The van der Waals surface area contributed by atoms with Crippen LogP contribution in [0.3, 0.4) is 0 Å². The van der Waals surface area contributed by atoms with Gasteiger partial charge in [0.1, 0.15) is 11.5 Å². The van der Waals surface area contributed by atoms with Crippen LogP contribution in [0.15, 0.2) is 30.6 Å². The molecular formula is C12H14N4O3. The number of nitrogens with one attached hydrogen (secondary N) is 1. The zero-order valence-corrected chi connectivity index (χ0v) is 10.1. The fraction of sp³-hybridized carbons (Fsp3) is 0.167. The third kappa shape index (κ3) is 3.38. The number of carbonyl (C=O) groups is 1. The van der Waals surface area contributed by atoms with Gasteiger partial charge in [0.05, 0.1) is 18.4 Å². The van der Waals surface area contributed by atoms with Crippen molar-refractivity contribution in [3.63, 3.8) is 0 Å². The molecule has 7 heteroatoms. The Hall–Kier alpha value is -2.70. The molecule has 1 amide bonds. The van der Waals surface area contributed by atoms with Crippen LogP contribution in [0, 0.1) is 0 Å². The molecule has 0 saturated heterocycles. The van der Waals surface area contributed by atoms with E-state index in [1.54, 1.807) is 10.9 Å². The Morgan fingerprint density at radius 1 is 1.32 bits per heavy atom. The van der Waals surface area contributed by atoms with Crippen molar-refractivity contribution in [2.24, 2.45) is 0 Å². The Morgan fingerprint density at radius 2 is 2.00 bits per heavy atom. The maximum absolute atomic E-state index is 11.8. The Morgan fingerprint density at radius 3 is 2.58 bits per heavy atom. The van der Waals surface area contributed by atoms with Gasteiger partial charge < -0.3 is 21.3 Å². The number of amides is 1. The van der Waals surface area contributed by atoms with E-state index in [0.29, 0.717) is 18.8 Å². The monoisotopic (exact) mass is 262 g/mol. The van der Waals surface area contributed by atoms with Gasteiger partial charge in [0.2, 0.25) is 0 Å². The van der Waals surface area contributed by atoms with Gasteiger partial charge in [-0.15, -0.1) is 0 Å². The topological polar surface area (TPSA) is 113 Å². The number of phenolic OH excluding ortho intramolecular Hbond substituents is 2. The van der Waals surface area contributed by atoms with E-state index in [0.717, 1.165) is 6.07 Å². The zero-order valence-electron chi connectivity index (χ0n) is 10.1. The van der Waals surface area contributed by atoms with Crippen LogP contribution in [0.4, 0.5) is 5.69 Å². The number of hydrogen-bond donors (Lipinski definition) is 4. The number of nitrogens with zero attached hydrogens (tertiary/aromatic N) is 2. The molecular weight excluding hydrogens is 248 g/mol. The molecule has 0 atom stereocenters. The molecule has 0 aliphatic heterocycles. The van der Waals surface area contributed by atoms with Gasteiger partial charge in [-0.25, -0.2) is 0 Å². The second-order valence-corrected chi connectivity index (χ2v) is 4.03. The summed E-state index contributed by atoms with van der Waals surface area (Å²) < 4.78 is 1.61. The molecule has 0 aliphatic carbocycles. The van der Waals surface area contributed by atoms with Crippen molar-refractivity contribution < 1.29 is 15.0 Å². The smallest absolute Gasteiger partial charge is 0.251 e. The van der Waals surface area contributed by atoms with E-state index in [9.17, 15) is 15.0 Å². The van der Waals surface area contributed by atoms with Gasteiger partial charge >= 0.3 is 0 Å². The predicted molar refractivity (Wildman–Crippen MR) is 68.7 cm³/mol. The number of hydrogen-bond acceptors (Lipinski definition) is 5. The van der Waals surface area contributed by atoms with Crippen molar-refractivity contribution in [2.75, 3.05) is 12.3 Å². The van der Waals surface area contributed by atoms with E-state index in [1.165, 1.54) is 18.3 Å². The summed E-state index contributed by atoms with van der Waals surface area (Å²) >= 11 is 0. The SMILES string of the molecule is Nc1cnn(CCNC(=O)c2cc(O)cc(O)c2)c1. The van der Waals surface area contributed by atoms with E-state index >= 15 is 0 Å². The molecule has 7 nitrogen and oxygen atoms in total. The minimum Gasteiger partial charge on any atom is -0.508 e. The molecule has 0 unspecified atom stereocenters. The summed E-state index contributed by atoms with van der Waals surface area (Å²) in [6.07, 6.45) is 3.18. The fourth-order valence-electron chi connectivity index (χ4n) is 1.61. The Labute approximate surface area is 109 Å². The lowest BCUT2D eigenvalue weighted by Gasteiger charge is -2.06. The van der Waals surface area contributed by atoms with E-state index in [-0.39, 0.29) is 23.0 Å². The van der Waals surface area contributed by atoms with Crippen molar-refractivity contribution in [2.45, 2.75) is 6.54 Å². The number of phenols is 2. The minimum atomic E-state index is -0.383. The summed E-state index contributed by atoms with van der Waals surface area (Å²) in [4.78, 5) is 11.8. The van der Waals surface area contributed by atoms with Crippen LogP contribution in [-0.4, -0.2) is 32.4 Å². The maximum atomic E-state index is 11.8. The van der Waals surface area contributed by atoms with Crippen molar-refractivity contribution in [3.8, 4) is 11.5 Å². The van der Waals surface area contributed by atoms with Gasteiger partial charge in [-0.2, -0.15) is 5.10 Å². The average molecular weight is 262 g/mol. The molecule has 2 aromatic rings. The molecule has 0 saturated carbocycles. The summed E-state index contributed by atoms with van der Waals surface area (Å²) in [6, 6.07) is 3.71. The Balaban J connectivity index is 1.90. The van der Waals surface area contributed by atoms with Gasteiger partial charge in [0.15, 0.2) is 0 Å². The quantitative estimate of drug-likeness (QED) is 0.633. The number of aromatic hydroxyl groups is 2. The highest BCUT2D eigenvalue weighted by Crippen LogP contribution is 2.20. The summed E-state index contributed by atoms with van der Waals surface area (Å²) in [6.45, 7) is 0.837. The van der Waals surface area contributed by atoms with Gasteiger partial charge in [-0.1, -0.05) is 0 Å². The van der Waals surface area contributed by atoms with Crippen molar-refractivity contribution in [3.05, 3.63) is 36.2 Å². The Kier molecular flexibility index (Phi) is 3.56. The van der Waals surface area contributed by atoms with Crippen LogP contribution in [0.25, 0.3) is 0 Å². The number of nitrogens with two attached hydrogens (primary N) is 1. The van der Waals surface area contributed by atoms with E-state index in [4.69, 9.17) is 5.73 Å². The molecule has 1 heterocycles. The first-order valence-electron chi connectivity index (χ1n) is 5.64. The zero-order chi connectivity index (χ0) is 13.8. The molecule has 2 rings (SSSR count). The average Bonchev–Trinajstić information content (AvgIpc) is 2.73. The highest BCUT2D eigenvalue weighted by Gasteiger charge is 2.08. The number of benzene rings is 1. The molecule has 0 aliphatic rings. The Bertz CT molecular complexity index is 574. The molecule has 5 N–H and O–H groups in total. The lowest BCUT2D eigenvalue weighted by Crippen LogP contribution is -2.27. The predicted octanol–water partition coefficient (Wildman–Crippen LogP) is 0.307. The van der Waals surface area contributed by atoms with Crippen LogP contribution in [0.2, 0.25) is 0 Å². The lowest BCUT2D eigenvalue weighted by atomic mass is 10.2. The lowest BCUT2D eigenvalue weighted by molar-refractivity contribution is 0.0951. The molecule has 0 spiro atoms. The normalized spacial score (nSPS) is 10.3. The first kappa shape index (κ1) is 12.7. The number of rotatable bonds is 4. The third-order valence-corrected chi connectivity index (χ3v) is 2.44. The van der Waals surface area contributed by atoms with Gasteiger partial charge in [-0.3, -0.25) is 9.48 Å². The highest BCUT2D eigenvalue weighted by molar-refractivity contribution is 5.95. The number of aromatic nitrogens is 2. The molecule has 0 fully saturated rings. The standard InChI is InChI=1S/C12H14N4O3/c13-9-6-15-16(7-9)2-1-14-12(19)8-3-10(17)5-11(18)4-8/h3-7,17-18H,1-2,13H2,(H,14,19). The van der Waals surface area contributed by atoms with E-state index in [2.05, 4.69) is 10.4 Å². The van der Waals surface area contributed by atoms with E-state index in [1.807, 2.05) is 0 Å². The second-order valence-electron chi connectivity index (χ2n) is 4.03. The second kappa shape index (κ2) is 5.30. The molecule has 100 valence electrons. The van der Waals surface area contributed by atoms with Crippen LogP contribution < -0.4 is 11.1 Å². The molecule has 0 bridgehead atoms. The van der Waals surface area contributed by atoms with Gasteiger partial charge in [0.25, 0.3) is 5.91 Å². The van der Waals surface area contributed by atoms with E-state index < -0.39 is 0 Å². The first-order chi connectivity index (χ1) is 9.04. The number of nitrogen functional groups attached to an aromatic ring is 1. The fourth-order valence-corrected chi connectivity index (χ4v) is 1.61.